The number of nitrogen functional groups attached to an aromatic ring is 1. The fourth-order valence-electron chi connectivity index (χ4n) is 1.18. The van der Waals surface area contributed by atoms with Gasteiger partial charge in [0.2, 0.25) is 10.0 Å². The Bertz CT molecular complexity index is 575. The lowest BCUT2D eigenvalue weighted by molar-refractivity contribution is -0.136. The van der Waals surface area contributed by atoms with Crippen LogP contribution in [0.4, 0.5) is 24.5 Å². The van der Waals surface area contributed by atoms with Crippen molar-refractivity contribution in [2.24, 2.45) is 0 Å². The van der Waals surface area contributed by atoms with E-state index in [-0.39, 0.29) is 5.69 Å². The zero-order chi connectivity index (χ0) is 15.1. The van der Waals surface area contributed by atoms with E-state index in [0.717, 1.165) is 6.07 Å². The summed E-state index contributed by atoms with van der Waals surface area (Å²) in [4.78, 5) is 0. The fraction of sp³-hybridized carbons (Fsp3) is 0.455. The van der Waals surface area contributed by atoms with Gasteiger partial charge in [-0.15, -0.1) is 0 Å². The van der Waals surface area contributed by atoms with E-state index in [1.807, 2.05) is 4.72 Å². The minimum atomic E-state index is -4.69. The van der Waals surface area contributed by atoms with Crippen molar-refractivity contribution in [2.75, 3.05) is 10.5 Å². The van der Waals surface area contributed by atoms with Gasteiger partial charge >= 0.3 is 6.18 Å². The average Bonchev–Trinajstić information content (AvgIpc) is 2.17. The van der Waals surface area contributed by atoms with E-state index in [4.69, 9.17) is 5.73 Å². The fourth-order valence-corrected chi connectivity index (χ4v) is 1.96. The van der Waals surface area contributed by atoms with Gasteiger partial charge in [0, 0.05) is 5.69 Å². The molecule has 1 rings (SSSR count). The highest BCUT2D eigenvalue weighted by molar-refractivity contribution is 7.94. The van der Waals surface area contributed by atoms with E-state index >= 15 is 0 Å². The molecular formula is C11H15F3N2O2S. The minimum absolute atomic E-state index is 0.0916. The Kier molecular flexibility index (Phi) is 3.77. The normalized spacial score (nSPS) is 13.4. The Morgan fingerprint density at radius 1 is 1.16 bits per heavy atom. The van der Waals surface area contributed by atoms with Crippen LogP contribution >= 0.6 is 0 Å². The van der Waals surface area contributed by atoms with Crippen molar-refractivity contribution in [1.82, 2.24) is 0 Å². The number of sulfonamides is 1. The van der Waals surface area contributed by atoms with Crippen LogP contribution in [0.15, 0.2) is 18.2 Å². The molecule has 1 aromatic rings. The molecule has 0 saturated heterocycles. The van der Waals surface area contributed by atoms with Crippen LogP contribution in [0, 0.1) is 0 Å². The van der Waals surface area contributed by atoms with Gasteiger partial charge in [0.15, 0.2) is 0 Å². The number of rotatable bonds is 2. The van der Waals surface area contributed by atoms with Gasteiger partial charge in [0.05, 0.1) is 16.0 Å². The highest BCUT2D eigenvalue weighted by atomic mass is 32.2. The zero-order valence-corrected chi connectivity index (χ0v) is 11.5. The van der Waals surface area contributed by atoms with Crippen LogP contribution in [0.2, 0.25) is 0 Å². The summed E-state index contributed by atoms with van der Waals surface area (Å²) in [6.07, 6.45) is -4.69. The van der Waals surface area contributed by atoms with Crippen molar-refractivity contribution in [3.8, 4) is 0 Å². The van der Waals surface area contributed by atoms with E-state index < -0.39 is 32.2 Å². The molecule has 0 unspecified atom stereocenters. The maximum absolute atomic E-state index is 12.8. The molecule has 3 N–H and O–H groups in total. The quantitative estimate of drug-likeness (QED) is 0.824. The van der Waals surface area contributed by atoms with Gasteiger partial charge in [-0.25, -0.2) is 8.42 Å². The van der Waals surface area contributed by atoms with Gasteiger partial charge < -0.3 is 5.73 Å². The predicted molar refractivity (Wildman–Crippen MR) is 68.2 cm³/mol. The molecule has 1 aromatic carbocycles. The molecule has 0 aliphatic heterocycles. The number of nitrogens with one attached hydrogen (secondary N) is 1. The number of benzene rings is 1. The van der Waals surface area contributed by atoms with Crippen LogP contribution in [0.3, 0.4) is 0 Å². The summed E-state index contributed by atoms with van der Waals surface area (Å²) < 4.78 is 62.9. The van der Waals surface area contributed by atoms with Crippen molar-refractivity contribution in [3.05, 3.63) is 23.8 Å². The second-order valence-corrected chi connectivity index (χ2v) is 7.46. The van der Waals surface area contributed by atoms with Crippen molar-refractivity contribution in [3.63, 3.8) is 0 Å². The molecule has 4 nitrogen and oxygen atoms in total. The summed E-state index contributed by atoms with van der Waals surface area (Å²) in [6.45, 7) is 4.17. The first-order valence-electron chi connectivity index (χ1n) is 5.34. The van der Waals surface area contributed by atoms with Crippen molar-refractivity contribution in [1.29, 1.82) is 0 Å². The zero-order valence-electron chi connectivity index (χ0n) is 10.7. The van der Waals surface area contributed by atoms with Crippen molar-refractivity contribution in [2.45, 2.75) is 31.7 Å². The first kappa shape index (κ1) is 15.6. The number of alkyl halides is 3. The lowest BCUT2D eigenvalue weighted by Gasteiger charge is -2.22. The molecule has 0 atom stereocenters. The number of hydrogen-bond acceptors (Lipinski definition) is 3. The molecule has 0 spiro atoms. The Morgan fingerprint density at radius 3 is 2.11 bits per heavy atom. The second-order valence-electron chi connectivity index (χ2n) is 5.02. The van der Waals surface area contributed by atoms with Gasteiger partial charge in [-0.05, 0) is 39.0 Å². The van der Waals surface area contributed by atoms with Gasteiger partial charge in [-0.2, -0.15) is 13.2 Å². The summed E-state index contributed by atoms with van der Waals surface area (Å²) in [6, 6.07) is 2.90. The third kappa shape index (κ3) is 3.52. The first-order valence-corrected chi connectivity index (χ1v) is 6.82. The lowest BCUT2D eigenvalue weighted by Crippen LogP contribution is -2.34. The summed E-state index contributed by atoms with van der Waals surface area (Å²) >= 11 is 0. The molecule has 0 fully saturated rings. The van der Waals surface area contributed by atoms with Crippen molar-refractivity contribution >= 4 is 21.4 Å². The van der Waals surface area contributed by atoms with Crippen LogP contribution in [-0.2, 0) is 16.2 Å². The second kappa shape index (κ2) is 4.59. The van der Waals surface area contributed by atoms with Gasteiger partial charge in [-0.3, -0.25) is 4.72 Å². The maximum atomic E-state index is 12.8. The van der Waals surface area contributed by atoms with E-state index in [1.165, 1.54) is 26.8 Å². The van der Waals surface area contributed by atoms with Crippen LogP contribution in [-0.4, -0.2) is 13.2 Å². The topological polar surface area (TPSA) is 72.2 Å². The highest BCUT2D eigenvalue weighted by Gasteiger charge is 2.36. The third-order valence-corrected chi connectivity index (χ3v) is 4.50. The van der Waals surface area contributed by atoms with Gasteiger partial charge in [0.25, 0.3) is 0 Å². The van der Waals surface area contributed by atoms with E-state index in [2.05, 4.69) is 0 Å². The Labute approximate surface area is 109 Å². The molecule has 0 aliphatic rings. The van der Waals surface area contributed by atoms with Crippen LogP contribution in [0.1, 0.15) is 26.3 Å². The molecule has 0 saturated carbocycles. The molecular weight excluding hydrogens is 281 g/mol. The standard InChI is InChI=1S/C11H15F3N2O2S/c1-10(2,3)19(17,18)16-9-5-4-7(15)6-8(9)11(12,13)14/h4-6,16H,15H2,1-3H3. The van der Waals surface area contributed by atoms with Crippen molar-refractivity contribution < 1.29 is 21.6 Å². The number of halogens is 3. The summed E-state index contributed by atoms with van der Waals surface area (Å²) in [5.41, 5.74) is 3.56. The van der Waals surface area contributed by atoms with Crippen LogP contribution < -0.4 is 10.5 Å². The molecule has 0 heterocycles. The minimum Gasteiger partial charge on any atom is -0.399 e. The third-order valence-electron chi connectivity index (χ3n) is 2.40. The monoisotopic (exact) mass is 296 g/mol. The molecule has 108 valence electrons. The summed E-state index contributed by atoms with van der Waals surface area (Å²) in [7, 11) is -3.94. The predicted octanol–water partition coefficient (Wildman–Crippen LogP) is 2.83. The Hall–Kier alpha value is -1.44. The summed E-state index contributed by atoms with van der Waals surface area (Å²) in [5.74, 6) is 0. The molecule has 0 aliphatic carbocycles. The molecule has 8 heteroatoms. The summed E-state index contributed by atoms with van der Waals surface area (Å²) in [5, 5.41) is 0. The molecule has 0 radical (unpaired) electrons. The van der Waals surface area contributed by atoms with Gasteiger partial charge in [0.1, 0.15) is 0 Å². The average molecular weight is 296 g/mol. The smallest absolute Gasteiger partial charge is 0.399 e. The highest BCUT2D eigenvalue weighted by Crippen LogP contribution is 2.37. The Morgan fingerprint density at radius 2 is 1.68 bits per heavy atom. The number of anilines is 2. The first-order chi connectivity index (χ1) is 8.34. The van der Waals surface area contributed by atoms with E-state index in [0.29, 0.717) is 6.07 Å². The molecule has 0 aromatic heterocycles. The maximum Gasteiger partial charge on any atom is 0.418 e. The van der Waals surface area contributed by atoms with E-state index in [9.17, 15) is 21.6 Å². The van der Waals surface area contributed by atoms with Gasteiger partial charge in [-0.1, -0.05) is 0 Å². The molecule has 0 amide bonds. The van der Waals surface area contributed by atoms with Crippen LogP contribution in [0.5, 0.6) is 0 Å². The SMILES string of the molecule is CC(C)(C)S(=O)(=O)Nc1ccc(N)cc1C(F)(F)F. The van der Waals surface area contributed by atoms with Crippen LogP contribution in [0.25, 0.3) is 0 Å². The molecule has 0 bridgehead atoms. The number of nitrogens with two attached hydrogens (primary N) is 1. The molecule has 19 heavy (non-hydrogen) atoms. The van der Waals surface area contributed by atoms with E-state index in [1.54, 1.807) is 0 Å². The lowest BCUT2D eigenvalue weighted by atomic mass is 10.1. The Balaban J connectivity index is 3.31. The largest absolute Gasteiger partial charge is 0.418 e. The number of hydrogen-bond donors (Lipinski definition) is 2.